The first-order valence-electron chi connectivity index (χ1n) is 4.45. The third-order valence-corrected chi connectivity index (χ3v) is 2.91. The van der Waals surface area contributed by atoms with E-state index < -0.39 is 0 Å². The molecular weight excluding hydrogens is 174 g/mol. The third kappa shape index (κ3) is 1.37. The summed E-state index contributed by atoms with van der Waals surface area (Å²) in [5, 5.41) is 7.16. The summed E-state index contributed by atoms with van der Waals surface area (Å²) in [6.45, 7) is 7.75. The zero-order valence-electron chi connectivity index (χ0n) is 8.91. The number of nitrogens with one attached hydrogen (secondary N) is 1. The van der Waals surface area contributed by atoms with E-state index in [1.165, 1.54) is 0 Å². The number of benzene rings is 1. The lowest BCUT2D eigenvalue weighted by molar-refractivity contribution is 0.562. The quantitative estimate of drug-likeness (QED) is 0.709. The average Bonchev–Trinajstić information content (AvgIpc) is 2.20. The lowest BCUT2D eigenvalue weighted by atomic mass is 9.90. The summed E-state index contributed by atoms with van der Waals surface area (Å²) in [7, 11) is 0. The van der Waals surface area contributed by atoms with Gasteiger partial charge in [0.2, 0.25) is 6.29 Å². The fourth-order valence-corrected chi connectivity index (χ4v) is 1.60. The molecule has 0 amide bonds. The SMILES string of the molecule is Cc1c(C)c(C)c([C]=O)c([C]=N)c1C. The van der Waals surface area contributed by atoms with Gasteiger partial charge in [-0.2, -0.15) is 0 Å². The zero-order chi connectivity index (χ0) is 10.9. The van der Waals surface area contributed by atoms with Gasteiger partial charge in [0, 0.05) is 11.1 Å². The normalized spacial score (nSPS) is 10.0. The molecule has 1 aromatic rings. The number of carbonyl (C=O) groups excluding carboxylic acids is 1. The molecule has 0 fully saturated rings. The van der Waals surface area contributed by atoms with Crippen molar-refractivity contribution in [2.45, 2.75) is 27.7 Å². The molecular formula is C12H13NO. The molecule has 0 spiro atoms. The first kappa shape index (κ1) is 10.6. The van der Waals surface area contributed by atoms with E-state index in [-0.39, 0.29) is 0 Å². The molecule has 2 heteroatoms. The molecule has 0 aliphatic carbocycles. The maximum atomic E-state index is 10.8. The van der Waals surface area contributed by atoms with Crippen molar-refractivity contribution < 1.29 is 4.79 Å². The first-order chi connectivity index (χ1) is 6.54. The van der Waals surface area contributed by atoms with Crippen LogP contribution in [0.2, 0.25) is 0 Å². The van der Waals surface area contributed by atoms with Crippen LogP contribution in [0.15, 0.2) is 0 Å². The van der Waals surface area contributed by atoms with Gasteiger partial charge in [0.1, 0.15) is 0 Å². The Bertz CT molecular complexity index is 367. The van der Waals surface area contributed by atoms with Crippen LogP contribution in [-0.2, 0) is 4.79 Å². The molecule has 2 nitrogen and oxygen atoms in total. The van der Waals surface area contributed by atoms with Crippen molar-refractivity contribution in [2.24, 2.45) is 0 Å². The molecule has 72 valence electrons. The molecule has 0 aliphatic rings. The predicted molar refractivity (Wildman–Crippen MR) is 57.0 cm³/mol. The molecule has 0 saturated heterocycles. The Balaban J connectivity index is 3.73. The van der Waals surface area contributed by atoms with Gasteiger partial charge in [0.25, 0.3) is 0 Å². The lowest BCUT2D eigenvalue weighted by Crippen LogP contribution is -2.04. The summed E-state index contributed by atoms with van der Waals surface area (Å²) >= 11 is 0. The highest BCUT2D eigenvalue weighted by atomic mass is 16.1. The average molecular weight is 187 g/mol. The van der Waals surface area contributed by atoms with Crippen LogP contribution >= 0.6 is 0 Å². The fraction of sp³-hybridized carbons (Fsp3) is 0.333. The summed E-state index contributed by atoms with van der Waals surface area (Å²) in [4.78, 5) is 10.8. The first-order valence-corrected chi connectivity index (χ1v) is 4.45. The van der Waals surface area contributed by atoms with Crippen molar-refractivity contribution in [1.82, 2.24) is 0 Å². The molecule has 14 heavy (non-hydrogen) atoms. The van der Waals surface area contributed by atoms with Crippen molar-refractivity contribution in [3.63, 3.8) is 0 Å². The van der Waals surface area contributed by atoms with E-state index in [1.807, 2.05) is 34.0 Å². The zero-order valence-corrected chi connectivity index (χ0v) is 8.91. The summed E-state index contributed by atoms with van der Waals surface area (Å²) in [5.41, 5.74) is 5.11. The van der Waals surface area contributed by atoms with Crippen molar-refractivity contribution in [2.75, 3.05) is 0 Å². The fourth-order valence-electron chi connectivity index (χ4n) is 1.60. The third-order valence-electron chi connectivity index (χ3n) is 2.91. The highest BCUT2D eigenvalue weighted by molar-refractivity contribution is 5.95. The molecule has 0 aliphatic heterocycles. The maximum absolute atomic E-state index is 10.8. The Morgan fingerprint density at radius 3 is 1.64 bits per heavy atom. The summed E-state index contributed by atoms with van der Waals surface area (Å²) in [5.74, 6) is 0. The van der Waals surface area contributed by atoms with Crippen molar-refractivity contribution in [1.29, 1.82) is 5.41 Å². The van der Waals surface area contributed by atoms with Gasteiger partial charge in [-0.25, -0.2) is 0 Å². The van der Waals surface area contributed by atoms with E-state index in [9.17, 15) is 4.79 Å². The number of rotatable bonds is 2. The van der Waals surface area contributed by atoms with Crippen molar-refractivity contribution in [3.05, 3.63) is 33.4 Å². The number of hydrogen-bond acceptors (Lipinski definition) is 2. The Hall–Kier alpha value is -1.44. The molecule has 0 saturated carbocycles. The molecule has 1 rings (SSSR count). The van der Waals surface area contributed by atoms with Gasteiger partial charge in [0.05, 0.1) is 6.21 Å². The summed E-state index contributed by atoms with van der Waals surface area (Å²) in [6.07, 6.45) is 4.20. The highest BCUT2D eigenvalue weighted by Crippen LogP contribution is 2.23. The molecule has 2 radical (unpaired) electrons. The Morgan fingerprint density at radius 2 is 1.29 bits per heavy atom. The second-order valence-electron chi connectivity index (χ2n) is 3.48. The Kier molecular flexibility index (Phi) is 2.84. The minimum Gasteiger partial charge on any atom is -0.298 e. The Morgan fingerprint density at radius 1 is 0.857 bits per heavy atom. The van der Waals surface area contributed by atoms with Crippen LogP contribution in [-0.4, -0.2) is 12.5 Å². The lowest BCUT2D eigenvalue weighted by Gasteiger charge is -2.13. The topological polar surface area (TPSA) is 40.9 Å². The van der Waals surface area contributed by atoms with Gasteiger partial charge in [0.15, 0.2) is 0 Å². The second-order valence-corrected chi connectivity index (χ2v) is 3.48. The van der Waals surface area contributed by atoms with Crippen molar-refractivity contribution in [3.8, 4) is 0 Å². The monoisotopic (exact) mass is 187 g/mol. The minimum absolute atomic E-state index is 0.473. The van der Waals surface area contributed by atoms with Crippen LogP contribution in [0.25, 0.3) is 0 Å². The van der Waals surface area contributed by atoms with Crippen LogP contribution in [0, 0.1) is 33.1 Å². The van der Waals surface area contributed by atoms with Crippen LogP contribution in [0.4, 0.5) is 0 Å². The van der Waals surface area contributed by atoms with Crippen LogP contribution in [0.3, 0.4) is 0 Å². The second kappa shape index (κ2) is 3.74. The van der Waals surface area contributed by atoms with Gasteiger partial charge < -0.3 is 0 Å². The standard InChI is InChI=1S/C12H13NO/c1-7-8(2)10(4)12(6-14)11(5-13)9(7)3/h13H,1-4H3. The molecule has 0 bridgehead atoms. The minimum atomic E-state index is 0.473. The van der Waals surface area contributed by atoms with Gasteiger partial charge in [-0.05, 0) is 49.9 Å². The maximum Gasteiger partial charge on any atom is 0.234 e. The van der Waals surface area contributed by atoms with E-state index in [2.05, 4.69) is 6.21 Å². The van der Waals surface area contributed by atoms with Gasteiger partial charge in [-0.1, -0.05) is 0 Å². The molecule has 0 unspecified atom stereocenters. The smallest absolute Gasteiger partial charge is 0.234 e. The van der Waals surface area contributed by atoms with Crippen molar-refractivity contribution >= 4 is 12.5 Å². The van der Waals surface area contributed by atoms with Crippen LogP contribution in [0.5, 0.6) is 0 Å². The van der Waals surface area contributed by atoms with E-state index in [0.717, 1.165) is 22.3 Å². The summed E-state index contributed by atoms with van der Waals surface area (Å²) in [6, 6.07) is 0. The largest absolute Gasteiger partial charge is 0.298 e. The Labute approximate surface area is 84.5 Å². The van der Waals surface area contributed by atoms with E-state index in [1.54, 1.807) is 0 Å². The van der Waals surface area contributed by atoms with Crippen LogP contribution < -0.4 is 0 Å². The van der Waals surface area contributed by atoms with Gasteiger partial charge in [-0.3, -0.25) is 10.2 Å². The molecule has 0 atom stereocenters. The molecule has 1 N–H and O–H groups in total. The summed E-state index contributed by atoms with van der Waals surface area (Å²) < 4.78 is 0. The van der Waals surface area contributed by atoms with E-state index in [4.69, 9.17) is 5.41 Å². The molecule has 0 aromatic heterocycles. The van der Waals surface area contributed by atoms with Gasteiger partial charge in [-0.15, -0.1) is 0 Å². The highest BCUT2D eigenvalue weighted by Gasteiger charge is 2.13. The van der Waals surface area contributed by atoms with Crippen LogP contribution in [0.1, 0.15) is 33.4 Å². The number of hydrogen-bond donors (Lipinski definition) is 1. The molecule has 0 heterocycles. The van der Waals surface area contributed by atoms with E-state index in [0.29, 0.717) is 11.1 Å². The predicted octanol–water partition coefficient (Wildman–Crippen LogP) is 2.25. The van der Waals surface area contributed by atoms with Gasteiger partial charge >= 0.3 is 0 Å². The van der Waals surface area contributed by atoms with E-state index >= 15 is 0 Å². The molecule has 1 aromatic carbocycles.